The van der Waals surface area contributed by atoms with Crippen molar-refractivity contribution in [2.24, 2.45) is 5.92 Å². The van der Waals surface area contributed by atoms with Gasteiger partial charge in [0.2, 0.25) is 10.0 Å². The van der Waals surface area contributed by atoms with Gasteiger partial charge in [0.1, 0.15) is 6.33 Å². The molecule has 3 aliphatic heterocycles. The molecule has 4 fully saturated rings. The monoisotopic (exact) mass is 622 g/mol. The molecule has 2 unspecified atom stereocenters. The molecule has 44 heavy (non-hydrogen) atoms. The lowest BCUT2D eigenvalue weighted by Crippen LogP contribution is -2.64. The number of hydrogen-bond acceptors (Lipinski definition) is 7. The minimum atomic E-state index is -3.17. The van der Waals surface area contributed by atoms with Gasteiger partial charge in [0.15, 0.2) is 0 Å². The molecule has 10 heteroatoms. The van der Waals surface area contributed by atoms with E-state index in [2.05, 4.69) is 63.9 Å². The molecule has 1 saturated carbocycles. The Morgan fingerprint density at radius 3 is 2.27 bits per heavy atom. The second kappa shape index (κ2) is 12.8. The largest absolute Gasteiger partial charge is 0.338 e. The van der Waals surface area contributed by atoms with Gasteiger partial charge in [-0.2, -0.15) is 0 Å². The van der Waals surface area contributed by atoms with Crippen LogP contribution < -0.4 is 0 Å². The summed E-state index contributed by atoms with van der Waals surface area (Å²) in [5.74, 6) is 0.375. The van der Waals surface area contributed by atoms with E-state index in [1.165, 1.54) is 11.9 Å². The standard InChI is InChI=1S/C34H50N6O3S/c1-25-22-38(34(4)14-17-37(18-15-34)33(41)32-26(2)35-24-36-27(32)3)19-20-40(25)31(21-28-9-6-5-7-10-28)29-11-8-16-39(23-29)44(42,43)30-12-13-30/h5-7,9-10,24-25,29-31H,8,11-23H2,1-4H3/t25-,29?,31?/m0/s1. The molecule has 3 atom stereocenters. The summed E-state index contributed by atoms with van der Waals surface area (Å²) in [6, 6.07) is 11.4. The lowest BCUT2D eigenvalue weighted by atomic mass is 9.83. The summed E-state index contributed by atoms with van der Waals surface area (Å²) < 4.78 is 28.3. The number of rotatable bonds is 8. The predicted octanol–water partition coefficient (Wildman–Crippen LogP) is 3.91. The summed E-state index contributed by atoms with van der Waals surface area (Å²) in [7, 11) is -3.17. The van der Waals surface area contributed by atoms with Gasteiger partial charge in [0.25, 0.3) is 5.91 Å². The van der Waals surface area contributed by atoms with Crippen LogP contribution in [-0.4, -0.2) is 112 Å². The van der Waals surface area contributed by atoms with E-state index >= 15 is 0 Å². The smallest absolute Gasteiger partial charge is 0.257 e. The van der Waals surface area contributed by atoms with Crippen molar-refractivity contribution in [2.45, 2.75) is 95.5 Å². The first-order chi connectivity index (χ1) is 21.1. The van der Waals surface area contributed by atoms with Crippen LogP contribution in [0.3, 0.4) is 0 Å². The molecule has 4 heterocycles. The van der Waals surface area contributed by atoms with E-state index in [1.807, 2.05) is 23.1 Å². The number of nitrogens with zero attached hydrogens (tertiary/aromatic N) is 6. The van der Waals surface area contributed by atoms with Crippen LogP contribution in [0.1, 0.15) is 79.7 Å². The third-order valence-corrected chi connectivity index (χ3v) is 13.4. The summed E-state index contributed by atoms with van der Waals surface area (Å²) in [6.45, 7) is 14.3. The molecule has 0 N–H and O–H groups in total. The fourth-order valence-electron chi connectivity index (χ4n) is 8.03. The summed E-state index contributed by atoms with van der Waals surface area (Å²) in [5, 5.41) is -0.146. The van der Waals surface area contributed by atoms with Crippen LogP contribution in [-0.2, 0) is 16.4 Å². The van der Waals surface area contributed by atoms with Crippen molar-refractivity contribution in [3.05, 3.63) is 59.2 Å². The van der Waals surface area contributed by atoms with Crippen LogP contribution in [0.2, 0.25) is 0 Å². The molecule has 9 nitrogen and oxygen atoms in total. The summed E-state index contributed by atoms with van der Waals surface area (Å²) in [5.41, 5.74) is 3.51. The molecular formula is C34H50N6O3S. The Bertz CT molecular complexity index is 1400. The highest BCUT2D eigenvalue weighted by Gasteiger charge is 2.45. The van der Waals surface area contributed by atoms with Crippen LogP contribution in [0, 0.1) is 19.8 Å². The first kappa shape index (κ1) is 31.6. The quantitative estimate of drug-likeness (QED) is 0.441. The fraction of sp³-hybridized carbons (Fsp3) is 0.676. The minimum Gasteiger partial charge on any atom is -0.338 e. The molecule has 0 bridgehead atoms. The van der Waals surface area contributed by atoms with Gasteiger partial charge in [-0.15, -0.1) is 0 Å². The van der Waals surface area contributed by atoms with Crippen molar-refractivity contribution in [1.82, 2.24) is 29.0 Å². The van der Waals surface area contributed by atoms with E-state index in [9.17, 15) is 13.2 Å². The Morgan fingerprint density at radius 1 is 0.955 bits per heavy atom. The second-order valence-corrected chi connectivity index (χ2v) is 16.2. The van der Waals surface area contributed by atoms with Crippen LogP contribution in [0.15, 0.2) is 36.7 Å². The van der Waals surface area contributed by atoms with Crippen molar-refractivity contribution >= 4 is 15.9 Å². The van der Waals surface area contributed by atoms with E-state index in [-0.39, 0.29) is 16.7 Å². The normalized spacial score (nSPS) is 26.4. The van der Waals surface area contributed by atoms with E-state index in [1.54, 1.807) is 0 Å². The Kier molecular flexibility index (Phi) is 9.17. The summed E-state index contributed by atoms with van der Waals surface area (Å²) in [6.07, 6.45) is 8.03. The molecule has 0 spiro atoms. The van der Waals surface area contributed by atoms with Gasteiger partial charge >= 0.3 is 0 Å². The van der Waals surface area contributed by atoms with Crippen molar-refractivity contribution in [3.63, 3.8) is 0 Å². The number of piperazine rings is 1. The Hall–Kier alpha value is -2.40. The van der Waals surface area contributed by atoms with Crippen LogP contribution in [0.4, 0.5) is 0 Å². The van der Waals surface area contributed by atoms with Gasteiger partial charge in [-0.25, -0.2) is 22.7 Å². The zero-order valence-electron chi connectivity index (χ0n) is 27.0. The first-order valence-corrected chi connectivity index (χ1v) is 18.2. The molecule has 1 aliphatic carbocycles. The Morgan fingerprint density at radius 2 is 1.64 bits per heavy atom. The van der Waals surface area contributed by atoms with Gasteiger partial charge in [0, 0.05) is 63.4 Å². The number of amides is 1. The molecular weight excluding hydrogens is 572 g/mol. The van der Waals surface area contributed by atoms with Crippen molar-refractivity contribution < 1.29 is 13.2 Å². The molecule has 3 saturated heterocycles. The molecule has 1 aromatic carbocycles. The second-order valence-electron chi connectivity index (χ2n) is 14.0. The van der Waals surface area contributed by atoms with Gasteiger partial charge in [-0.05, 0) is 84.1 Å². The summed E-state index contributed by atoms with van der Waals surface area (Å²) in [4.78, 5) is 29.3. The summed E-state index contributed by atoms with van der Waals surface area (Å²) >= 11 is 0. The number of hydrogen-bond donors (Lipinski definition) is 0. The number of aryl methyl sites for hydroxylation is 2. The molecule has 1 amide bonds. The third-order valence-electron chi connectivity index (χ3n) is 11.0. The number of aromatic nitrogens is 2. The topological polar surface area (TPSA) is 90.0 Å². The number of sulfonamides is 1. The van der Waals surface area contributed by atoms with E-state index < -0.39 is 10.0 Å². The Balaban J connectivity index is 1.13. The van der Waals surface area contributed by atoms with Gasteiger partial charge in [-0.3, -0.25) is 14.6 Å². The highest BCUT2D eigenvalue weighted by molar-refractivity contribution is 7.90. The molecule has 1 aromatic heterocycles. The maximum atomic E-state index is 13.4. The average Bonchev–Trinajstić information content (AvgIpc) is 3.88. The molecule has 0 radical (unpaired) electrons. The number of benzene rings is 1. The average molecular weight is 623 g/mol. The molecule has 240 valence electrons. The fourth-order valence-corrected chi connectivity index (χ4v) is 9.97. The maximum absolute atomic E-state index is 13.4. The number of carbonyl (C=O) groups excluding carboxylic acids is 1. The number of likely N-dealkylation sites (tertiary alicyclic amines) is 1. The van der Waals surface area contributed by atoms with Crippen molar-refractivity contribution in [1.29, 1.82) is 0 Å². The van der Waals surface area contributed by atoms with Crippen LogP contribution in [0.5, 0.6) is 0 Å². The first-order valence-electron chi connectivity index (χ1n) is 16.7. The molecule has 2 aromatic rings. The SMILES string of the molecule is Cc1ncnc(C)c1C(=O)N1CCC(C)(N2CCN(C(Cc3ccccc3)C3CCCN(S(=O)(=O)C4CC4)C3)[C@@H](C)C2)CC1. The maximum Gasteiger partial charge on any atom is 0.257 e. The molecule has 6 rings (SSSR count). The van der Waals surface area contributed by atoms with Gasteiger partial charge in [-0.1, -0.05) is 30.3 Å². The lowest BCUT2D eigenvalue weighted by Gasteiger charge is -2.54. The predicted molar refractivity (Wildman–Crippen MR) is 173 cm³/mol. The molecule has 4 aliphatic rings. The zero-order valence-corrected chi connectivity index (χ0v) is 27.8. The third kappa shape index (κ3) is 6.46. The number of carbonyl (C=O) groups is 1. The van der Waals surface area contributed by atoms with Crippen molar-refractivity contribution in [2.75, 3.05) is 45.8 Å². The number of piperidine rings is 2. The van der Waals surface area contributed by atoms with E-state index in [0.717, 1.165) is 89.1 Å². The Labute approximate surface area is 264 Å². The van der Waals surface area contributed by atoms with Gasteiger partial charge < -0.3 is 4.90 Å². The zero-order chi connectivity index (χ0) is 31.1. The van der Waals surface area contributed by atoms with E-state index in [0.29, 0.717) is 36.7 Å². The van der Waals surface area contributed by atoms with E-state index in [4.69, 9.17) is 0 Å². The van der Waals surface area contributed by atoms with Crippen molar-refractivity contribution in [3.8, 4) is 0 Å². The lowest BCUT2D eigenvalue weighted by molar-refractivity contribution is -0.0414. The highest BCUT2D eigenvalue weighted by Crippen LogP contribution is 2.37. The minimum absolute atomic E-state index is 0.0450. The van der Waals surface area contributed by atoms with Crippen LogP contribution in [0.25, 0.3) is 0 Å². The van der Waals surface area contributed by atoms with Gasteiger partial charge in [0.05, 0.1) is 22.2 Å². The van der Waals surface area contributed by atoms with Crippen LogP contribution >= 0.6 is 0 Å². The highest BCUT2D eigenvalue weighted by atomic mass is 32.2.